The van der Waals surface area contributed by atoms with Gasteiger partial charge >= 0.3 is 0 Å². The number of aromatic nitrogens is 2. The van der Waals surface area contributed by atoms with Gasteiger partial charge in [-0.15, -0.1) is 0 Å². The first-order valence-electron chi connectivity index (χ1n) is 5.60. The van der Waals surface area contributed by atoms with Crippen molar-refractivity contribution in [2.24, 2.45) is 0 Å². The maximum absolute atomic E-state index is 11.5. The third-order valence-corrected chi connectivity index (χ3v) is 2.85. The summed E-state index contributed by atoms with van der Waals surface area (Å²) >= 11 is 3.39. The molecule has 1 amide bonds. The third-order valence-electron chi connectivity index (χ3n) is 2.28. The van der Waals surface area contributed by atoms with Crippen molar-refractivity contribution in [2.75, 3.05) is 11.9 Å². The van der Waals surface area contributed by atoms with Gasteiger partial charge in [0.2, 0.25) is 0 Å². The standard InChI is InChI=1S/C11H18BrN3O/c1-9-8-10(15-14-9)11(16)13-7-5-3-2-4-6-12/h8H,2-7H2,1H3,(H,13,16)(H,14,15). The van der Waals surface area contributed by atoms with Crippen molar-refractivity contribution in [3.05, 3.63) is 17.5 Å². The maximum atomic E-state index is 11.5. The van der Waals surface area contributed by atoms with Crippen LogP contribution < -0.4 is 5.32 Å². The van der Waals surface area contributed by atoms with Crippen molar-refractivity contribution in [1.82, 2.24) is 15.5 Å². The Hall–Kier alpha value is -0.840. The van der Waals surface area contributed by atoms with Gasteiger partial charge in [0.15, 0.2) is 0 Å². The normalized spacial score (nSPS) is 10.4. The second-order valence-electron chi connectivity index (χ2n) is 3.80. The molecule has 0 saturated heterocycles. The van der Waals surface area contributed by atoms with Gasteiger partial charge in [0, 0.05) is 17.6 Å². The molecule has 0 radical (unpaired) electrons. The second kappa shape index (κ2) is 7.44. The van der Waals surface area contributed by atoms with Crippen molar-refractivity contribution in [2.45, 2.75) is 32.6 Å². The van der Waals surface area contributed by atoms with Gasteiger partial charge < -0.3 is 5.32 Å². The average Bonchev–Trinajstić information content (AvgIpc) is 2.70. The summed E-state index contributed by atoms with van der Waals surface area (Å²) < 4.78 is 0. The molecule has 4 nitrogen and oxygen atoms in total. The van der Waals surface area contributed by atoms with Crippen LogP contribution in [0.1, 0.15) is 41.9 Å². The Morgan fingerprint density at radius 3 is 2.81 bits per heavy atom. The van der Waals surface area contributed by atoms with Crippen LogP contribution in [-0.2, 0) is 0 Å². The quantitative estimate of drug-likeness (QED) is 0.598. The molecule has 0 aliphatic heterocycles. The molecule has 0 atom stereocenters. The summed E-state index contributed by atoms with van der Waals surface area (Å²) in [7, 11) is 0. The molecule has 16 heavy (non-hydrogen) atoms. The number of carbonyl (C=O) groups is 1. The number of nitrogens with one attached hydrogen (secondary N) is 2. The number of hydrogen-bond acceptors (Lipinski definition) is 2. The zero-order valence-electron chi connectivity index (χ0n) is 9.55. The molecule has 1 aromatic rings. The number of nitrogens with zero attached hydrogens (tertiary/aromatic N) is 1. The van der Waals surface area contributed by atoms with Gasteiger partial charge in [-0.3, -0.25) is 9.89 Å². The number of aromatic amines is 1. The minimum atomic E-state index is -0.0927. The van der Waals surface area contributed by atoms with E-state index in [4.69, 9.17) is 0 Å². The largest absolute Gasteiger partial charge is 0.351 e. The Balaban J connectivity index is 2.11. The Kier molecular flexibility index (Phi) is 6.15. The number of alkyl halides is 1. The Morgan fingerprint density at radius 1 is 1.44 bits per heavy atom. The lowest BCUT2D eigenvalue weighted by Gasteiger charge is -2.02. The van der Waals surface area contributed by atoms with Crippen molar-refractivity contribution in [3.63, 3.8) is 0 Å². The number of halogens is 1. The van der Waals surface area contributed by atoms with Gasteiger partial charge in [-0.1, -0.05) is 28.8 Å². The highest BCUT2D eigenvalue weighted by molar-refractivity contribution is 9.09. The highest BCUT2D eigenvalue weighted by atomic mass is 79.9. The predicted molar refractivity (Wildman–Crippen MR) is 67.9 cm³/mol. The van der Waals surface area contributed by atoms with Gasteiger partial charge in [0.05, 0.1) is 0 Å². The SMILES string of the molecule is Cc1cc(C(=O)NCCCCCCBr)n[nH]1. The van der Waals surface area contributed by atoms with E-state index < -0.39 is 0 Å². The Labute approximate surface area is 104 Å². The van der Waals surface area contributed by atoms with E-state index in [0.29, 0.717) is 5.69 Å². The van der Waals surface area contributed by atoms with Crippen molar-refractivity contribution in [1.29, 1.82) is 0 Å². The van der Waals surface area contributed by atoms with Gasteiger partial charge in [0.25, 0.3) is 5.91 Å². The van der Waals surface area contributed by atoms with Crippen molar-refractivity contribution >= 4 is 21.8 Å². The lowest BCUT2D eigenvalue weighted by atomic mass is 10.2. The molecule has 0 aliphatic rings. The Bertz CT molecular complexity index is 325. The van der Waals surface area contributed by atoms with Crippen LogP contribution in [0.3, 0.4) is 0 Å². The zero-order chi connectivity index (χ0) is 11.8. The monoisotopic (exact) mass is 287 g/mol. The van der Waals surface area contributed by atoms with Gasteiger partial charge in [-0.25, -0.2) is 0 Å². The predicted octanol–water partition coefficient (Wildman–Crippen LogP) is 2.40. The first-order chi connectivity index (χ1) is 7.74. The second-order valence-corrected chi connectivity index (χ2v) is 4.59. The van der Waals surface area contributed by atoms with Crippen LogP contribution in [0, 0.1) is 6.92 Å². The van der Waals surface area contributed by atoms with E-state index in [2.05, 4.69) is 31.4 Å². The minimum Gasteiger partial charge on any atom is -0.351 e. The molecule has 1 rings (SSSR count). The fourth-order valence-electron chi connectivity index (χ4n) is 1.40. The summed E-state index contributed by atoms with van der Waals surface area (Å²) in [4.78, 5) is 11.5. The van der Waals surface area contributed by atoms with Crippen molar-refractivity contribution < 1.29 is 4.79 Å². The Morgan fingerprint density at radius 2 is 2.19 bits per heavy atom. The number of hydrogen-bond donors (Lipinski definition) is 2. The van der Waals surface area contributed by atoms with E-state index >= 15 is 0 Å². The van der Waals surface area contributed by atoms with Crippen LogP contribution in [0.5, 0.6) is 0 Å². The van der Waals surface area contributed by atoms with Crippen LogP contribution >= 0.6 is 15.9 Å². The third kappa shape index (κ3) is 4.79. The molecule has 5 heteroatoms. The number of unbranched alkanes of at least 4 members (excludes halogenated alkanes) is 3. The highest BCUT2D eigenvalue weighted by Gasteiger charge is 2.07. The molecule has 0 spiro atoms. The number of carbonyl (C=O) groups excluding carboxylic acids is 1. The molecule has 0 aromatic carbocycles. The van der Waals surface area contributed by atoms with Gasteiger partial charge in [-0.05, 0) is 25.8 Å². The number of rotatable bonds is 7. The molecule has 90 valence electrons. The highest BCUT2D eigenvalue weighted by Crippen LogP contribution is 2.01. The number of aryl methyl sites for hydroxylation is 1. The number of amides is 1. The average molecular weight is 288 g/mol. The summed E-state index contributed by atoms with van der Waals surface area (Å²) in [5.74, 6) is -0.0927. The topological polar surface area (TPSA) is 57.8 Å². The minimum absolute atomic E-state index is 0.0927. The summed E-state index contributed by atoms with van der Waals surface area (Å²) in [5.41, 5.74) is 1.38. The van der Waals surface area contributed by atoms with E-state index in [1.54, 1.807) is 6.07 Å². The molecule has 0 aliphatic carbocycles. The maximum Gasteiger partial charge on any atom is 0.271 e. The van der Waals surface area contributed by atoms with Gasteiger partial charge in [0.1, 0.15) is 5.69 Å². The van der Waals surface area contributed by atoms with E-state index in [-0.39, 0.29) is 5.91 Å². The van der Waals surface area contributed by atoms with E-state index in [1.165, 1.54) is 12.8 Å². The van der Waals surface area contributed by atoms with Crippen LogP contribution in [0.4, 0.5) is 0 Å². The summed E-state index contributed by atoms with van der Waals surface area (Å²) in [6.07, 6.45) is 4.60. The first kappa shape index (κ1) is 13.2. The summed E-state index contributed by atoms with van der Waals surface area (Å²) in [5, 5.41) is 10.6. The van der Waals surface area contributed by atoms with E-state index in [1.807, 2.05) is 6.92 Å². The molecular formula is C11H18BrN3O. The molecule has 0 unspecified atom stereocenters. The van der Waals surface area contributed by atoms with Crippen LogP contribution in [-0.4, -0.2) is 28.0 Å². The van der Waals surface area contributed by atoms with Crippen LogP contribution in [0.25, 0.3) is 0 Å². The summed E-state index contributed by atoms with van der Waals surface area (Å²) in [6, 6.07) is 1.75. The lowest BCUT2D eigenvalue weighted by molar-refractivity contribution is 0.0948. The van der Waals surface area contributed by atoms with E-state index in [0.717, 1.165) is 30.4 Å². The molecule has 1 aromatic heterocycles. The molecule has 2 N–H and O–H groups in total. The first-order valence-corrected chi connectivity index (χ1v) is 6.72. The van der Waals surface area contributed by atoms with Crippen LogP contribution in [0.2, 0.25) is 0 Å². The fourth-order valence-corrected chi connectivity index (χ4v) is 1.80. The summed E-state index contributed by atoms with van der Waals surface area (Å²) in [6.45, 7) is 2.61. The van der Waals surface area contributed by atoms with Gasteiger partial charge in [-0.2, -0.15) is 5.10 Å². The smallest absolute Gasteiger partial charge is 0.271 e. The molecular weight excluding hydrogens is 270 g/mol. The fraction of sp³-hybridized carbons (Fsp3) is 0.636. The molecule has 0 saturated carbocycles. The molecule has 1 heterocycles. The van der Waals surface area contributed by atoms with Crippen LogP contribution in [0.15, 0.2) is 6.07 Å². The zero-order valence-corrected chi connectivity index (χ0v) is 11.1. The number of H-pyrrole nitrogens is 1. The van der Waals surface area contributed by atoms with E-state index in [9.17, 15) is 4.79 Å². The molecule has 0 fully saturated rings. The lowest BCUT2D eigenvalue weighted by Crippen LogP contribution is -2.24. The van der Waals surface area contributed by atoms with Crippen molar-refractivity contribution in [3.8, 4) is 0 Å². The molecule has 0 bridgehead atoms.